The number of hydrogen-bond acceptors (Lipinski definition) is 3. The molecule has 4 nitrogen and oxygen atoms in total. The van der Waals surface area contributed by atoms with Gasteiger partial charge in [-0.3, -0.25) is 4.79 Å². The van der Waals surface area contributed by atoms with Crippen LogP contribution >= 0.6 is 0 Å². The Labute approximate surface area is 95.9 Å². The molecular weight excluding hydrogens is 206 g/mol. The standard InChI is InChI=1S/C12H19NO3/c1-9-5-6-10(16-9)13(4)8-12(2,3)7-11(14)15/h5-6H,7-8H2,1-4H3,(H,14,15). The van der Waals surface area contributed by atoms with Gasteiger partial charge in [0.05, 0.1) is 6.42 Å². The molecule has 0 saturated carbocycles. The monoisotopic (exact) mass is 225 g/mol. The van der Waals surface area contributed by atoms with E-state index in [0.717, 1.165) is 11.6 Å². The molecule has 16 heavy (non-hydrogen) atoms. The molecule has 0 aliphatic heterocycles. The van der Waals surface area contributed by atoms with Gasteiger partial charge in [0.2, 0.25) is 0 Å². The highest BCUT2D eigenvalue weighted by atomic mass is 16.4. The van der Waals surface area contributed by atoms with Crippen LogP contribution in [-0.2, 0) is 4.79 Å². The first-order valence-corrected chi connectivity index (χ1v) is 5.29. The first-order valence-electron chi connectivity index (χ1n) is 5.29. The number of carboxylic acid groups (broad SMARTS) is 1. The van der Waals surface area contributed by atoms with E-state index in [9.17, 15) is 4.79 Å². The van der Waals surface area contributed by atoms with Gasteiger partial charge in [-0.1, -0.05) is 13.8 Å². The molecule has 0 fully saturated rings. The molecule has 0 aliphatic rings. The van der Waals surface area contributed by atoms with Crippen molar-refractivity contribution in [2.45, 2.75) is 27.2 Å². The maximum atomic E-state index is 10.7. The minimum atomic E-state index is -0.769. The summed E-state index contributed by atoms with van der Waals surface area (Å²) in [5, 5.41) is 8.79. The smallest absolute Gasteiger partial charge is 0.303 e. The molecule has 0 spiro atoms. The van der Waals surface area contributed by atoms with Crippen LogP contribution in [-0.4, -0.2) is 24.7 Å². The van der Waals surface area contributed by atoms with E-state index in [1.165, 1.54) is 0 Å². The second-order valence-corrected chi connectivity index (χ2v) is 4.98. The fourth-order valence-corrected chi connectivity index (χ4v) is 1.81. The number of furan rings is 1. The lowest BCUT2D eigenvalue weighted by Gasteiger charge is -2.28. The normalized spacial score (nSPS) is 11.5. The largest absolute Gasteiger partial charge is 0.481 e. The molecule has 0 aromatic carbocycles. The fraction of sp³-hybridized carbons (Fsp3) is 0.583. The first-order chi connectivity index (χ1) is 7.30. The van der Waals surface area contributed by atoms with E-state index in [4.69, 9.17) is 9.52 Å². The van der Waals surface area contributed by atoms with E-state index in [0.29, 0.717) is 6.54 Å². The lowest BCUT2D eigenvalue weighted by atomic mass is 9.89. The third-order valence-electron chi connectivity index (χ3n) is 2.40. The average Bonchev–Trinajstić information content (AvgIpc) is 2.47. The van der Waals surface area contributed by atoms with Crippen LogP contribution in [0.25, 0.3) is 0 Å². The van der Waals surface area contributed by atoms with E-state index in [-0.39, 0.29) is 11.8 Å². The second kappa shape index (κ2) is 4.60. The zero-order valence-corrected chi connectivity index (χ0v) is 10.3. The number of aliphatic carboxylic acids is 1. The number of rotatable bonds is 5. The van der Waals surface area contributed by atoms with Gasteiger partial charge in [0.1, 0.15) is 5.76 Å². The molecule has 0 aliphatic carbocycles. The van der Waals surface area contributed by atoms with Crippen LogP contribution in [0.2, 0.25) is 0 Å². The lowest BCUT2D eigenvalue weighted by Crippen LogP contribution is -2.32. The van der Waals surface area contributed by atoms with E-state index in [2.05, 4.69) is 0 Å². The quantitative estimate of drug-likeness (QED) is 0.836. The molecule has 90 valence electrons. The number of hydrogen-bond donors (Lipinski definition) is 1. The van der Waals surface area contributed by atoms with Gasteiger partial charge in [-0.25, -0.2) is 0 Å². The molecule has 0 amide bonds. The van der Waals surface area contributed by atoms with Crippen molar-refractivity contribution >= 4 is 11.9 Å². The van der Waals surface area contributed by atoms with Gasteiger partial charge in [-0.05, 0) is 18.4 Å². The third-order valence-corrected chi connectivity index (χ3v) is 2.40. The van der Waals surface area contributed by atoms with Crippen molar-refractivity contribution in [2.24, 2.45) is 5.41 Å². The molecule has 4 heteroatoms. The van der Waals surface area contributed by atoms with Crippen molar-refractivity contribution in [3.8, 4) is 0 Å². The van der Waals surface area contributed by atoms with Crippen molar-refractivity contribution in [1.29, 1.82) is 0 Å². The zero-order valence-electron chi connectivity index (χ0n) is 10.3. The van der Waals surface area contributed by atoms with Crippen molar-refractivity contribution < 1.29 is 14.3 Å². The van der Waals surface area contributed by atoms with Crippen LogP contribution in [0.15, 0.2) is 16.5 Å². The van der Waals surface area contributed by atoms with Gasteiger partial charge in [0.25, 0.3) is 0 Å². The van der Waals surface area contributed by atoms with E-state index in [1.807, 2.05) is 44.9 Å². The van der Waals surface area contributed by atoms with Crippen molar-refractivity contribution in [2.75, 3.05) is 18.5 Å². The summed E-state index contributed by atoms with van der Waals surface area (Å²) >= 11 is 0. The topological polar surface area (TPSA) is 53.7 Å². The summed E-state index contributed by atoms with van der Waals surface area (Å²) in [5.41, 5.74) is -0.277. The molecule has 1 N–H and O–H groups in total. The Bertz CT molecular complexity index is 368. The first kappa shape index (κ1) is 12.6. The molecular formula is C12H19NO3. The number of nitrogens with zero attached hydrogens (tertiary/aromatic N) is 1. The Morgan fingerprint density at radius 2 is 2.12 bits per heavy atom. The van der Waals surface area contributed by atoms with Crippen molar-refractivity contribution in [1.82, 2.24) is 0 Å². The summed E-state index contributed by atoms with van der Waals surface area (Å²) in [6, 6.07) is 3.79. The summed E-state index contributed by atoms with van der Waals surface area (Å²) in [4.78, 5) is 12.6. The van der Waals surface area contributed by atoms with Crippen molar-refractivity contribution in [3.05, 3.63) is 17.9 Å². The molecule has 0 unspecified atom stereocenters. The van der Waals surface area contributed by atoms with Crippen LogP contribution in [0.3, 0.4) is 0 Å². The van der Waals surface area contributed by atoms with E-state index >= 15 is 0 Å². The summed E-state index contributed by atoms with van der Waals surface area (Å²) in [7, 11) is 1.90. The molecule has 1 aromatic heterocycles. The van der Waals surface area contributed by atoms with Crippen LogP contribution in [0.4, 0.5) is 5.88 Å². The number of carbonyl (C=O) groups is 1. The molecule has 1 rings (SSSR count). The minimum absolute atomic E-state index is 0.150. The molecule has 1 heterocycles. The van der Waals surface area contributed by atoms with Crippen molar-refractivity contribution in [3.63, 3.8) is 0 Å². The number of aryl methyl sites for hydroxylation is 1. The maximum Gasteiger partial charge on any atom is 0.303 e. The van der Waals surface area contributed by atoms with Gasteiger partial charge in [0.15, 0.2) is 5.88 Å². The Balaban J connectivity index is 2.63. The average molecular weight is 225 g/mol. The SMILES string of the molecule is Cc1ccc(N(C)CC(C)(C)CC(=O)O)o1. The second-order valence-electron chi connectivity index (χ2n) is 4.98. The third kappa shape index (κ3) is 3.61. The highest BCUT2D eigenvalue weighted by Gasteiger charge is 2.24. The van der Waals surface area contributed by atoms with Crippen LogP contribution in [0.5, 0.6) is 0 Å². The van der Waals surface area contributed by atoms with Crippen LogP contribution < -0.4 is 4.90 Å². The predicted octanol–water partition coefficient (Wildman–Crippen LogP) is 2.53. The number of carboxylic acids is 1. The van der Waals surface area contributed by atoms with Gasteiger partial charge in [0, 0.05) is 19.7 Å². The molecule has 0 radical (unpaired) electrons. The highest BCUT2D eigenvalue weighted by Crippen LogP contribution is 2.25. The van der Waals surface area contributed by atoms with E-state index in [1.54, 1.807) is 0 Å². The van der Waals surface area contributed by atoms with Gasteiger partial charge in [-0.15, -0.1) is 0 Å². The Morgan fingerprint density at radius 3 is 2.56 bits per heavy atom. The van der Waals surface area contributed by atoms with E-state index < -0.39 is 5.97 Å². The predicted molar refractivity (Wildman–Crippen MR) is 62.7 cm³/mol. The Hall–Kier alpha value is -1.45. The molecule has 0 saturated heterocycles. The van der Waals surface area contributed by atoms with Gasteiger partial charge >= 0.3 is 5.97 Å². The fourth-order valence-electron chi connectivity index (χ4n) is 1.81. The maximum absolute atomic E-state index is 10.7. The zero-order chi connectivity index (χ0) is 12.3. The number of anilines is 1. The molecule has 0 atom stereocenters. The Kier molecular flexibility index (Phi) is 3.62. The molecule has 1 aromatic rings. The van der Waals surface area contributed by atoms with Gasteiger partial charge in [-0.2, -0.15) is 0 Å². The summed E-state index contributed by atoms with van der Waals surface area (Å²) in [6.45, 7) is 6.41. The highest BCUT2D eigenvalue weighted by molar-refractivity contribution is 5.67. The van der Waals surface area contributed by atoms with Gasteiger partial charge < -0.3 is 14.4 Å². The summed E-state index contributed by atoms with van der Waals surface area (Å²) in [6.07, 6.45) is 0.150. The molecule has 0 bridgehead atoms. The summed E-state index contributed by atoms with van der Waals surface area (Å²) in [5.74, 6) is 0.864. The van der Waals surface area contributed by atoms with Crippen LogP contribution in [0.1, 0.15) is 26.0 Å². The Morgan fingerprint density at radius 1 is 1.50 bits per heavy atom. The summed E-state index contributed by atoms with van der Waals surface area (Å²) < 4.78 is 5.47. The van der Waals surface area contributed by atoms with Crippen LogP contribution in [0, 0.1) is 12.3 Å². The lowest BCUT2D eigenvalue weighted by molar-refractivity contribution is -0.139. The minimum Gasteiger partial charge on any atom is -0.481 e.